The molecule has 3 N–H and O–H groups in total. The summed E-state index contributed by atoms with van der Waals surface area (Å²) in [6, 6.07) is 9.29. The molecular weight excluding hydrogens is 228 g/mol. The molecule has 0 saturated heterocycles. The maximum Gasteiger partial charge on any atom is 0.0550 e. The van der Waals surface area contributed by atoms with Gasteiger partial charge in [0.25, 0.3) is 0 Å². The van der Waals surface area contributed by atoms with Gasteiger partial charge in [-0.2, -0.15) is 11.8 Å². The zero-order chi connectivity index (χ0) is 12.1. The van der Waals surface area contributed by atoms with E-state index < -0.39 is 0 Å². The highest BCUT2D eigenvalue weighted by Crippen LogP contribution is 2.36. The predicted octanol–water partition coefficient (Wildman–Crippen LogP) is 3.21. The van der Waals surface area contributed by atoms with Crippen LogP contribution in [-0.4, -0.2) is 11.5 Å². The lowest BCUT2D eigenvalue weighted by atomic mass is 9.80. The fourth-order valence-electron chi connectivity index (χ4n) is 2.22. The van der Waals surface area contributed by atoms with Gasteiger partial charge in [0.1, 0.15) is 0 Å². The molecule has 0 amide bonds. The van der Waals surface area contributed by atoms with Crippen LogP contribution in [0.15, 0.2) is 24.3 Å². The highest BCUT2D eigenvalue weighted by atomic mass is 32.2. The number of rotatable bonds is 6. The maximum absolute atomic E-state index is 5.62. The van der Waals surface area contributed by atoms with Crippen LogP contribution in [0, 0.1) is 0 Å². The van der Waals surface area contributed by atoms with Crippen LogP contribution in [0.25, 0.3) is 0 Å². The quantitative estimate of drug-likeness (QED) is 0.601. The summed E-state index contributed by atoms with van der Waals surface area (Å²) < 4.78 is 0. The topological polar surface area (TPSA) is 38.0 Å². The second kappa shape index (κ2) is 6.43. The molecule has 0 heterocycles. The second-order valence-electron chi connectivity index (χ2n) is 4.67. The summed E-state index contributed by atoms with van der Waals surface area (Å²) in [5.41, 5.74) is 5.71. The van der Waals surface area contributed by atoms with Crippen LogP contribution in [0.3, 0.4) is 0 Å². The molecule has 94 valence electrons. The number of hydrogen-bond donors (Lipinski definition) is 2. The lowest BCUT2D eigenvalue weighted by Crippen LogP contribution is -2.29. The van der Waals surface area contributed by atoms with Gasteiger partial charge in [-0.1, -0.05) is 37.6 Å². The van der Waals surface area contributed by atoms with Gasteiger partial charge in [0, 0.05) is 5.75 Å². The Morgan fingerprint density at radius 3 is 2.53 bits per heavy atom. The molecular formula is C14H22N2S. The number of nitrogens with two attached hydrogens (primary N) is 1. The SMILES string of the molecule is CCSCC(NN)c1ccc(C2CCC2)cc1. The summed E-state index contributed by atoms with van der Waals surface area (Å²) in [4.78, 5) is 0. The standard InChI is InChI=1S/C14H22N2S/c1-2-17-10-14(16-15)13-8-6-12(7-9-13)11-4-3-5-11/h6-9,11,14,16H,2-5,10,15H2,1H3. The van der Waals surface area contributed by atoms with E-state index in [2.05, 4.69) is 36.6 Å². The molecule has 1 atom stereocenters. The van der Waals surface area contributed by atoms with Crippen molar-refractivity contribution in [3.05, 3.63) is 35.4 Å². The van der Waals surface area contributed by atoms with Gasteiger partial charge in [0.15, 0.2) is 0 Å². The Hall–Kier alpha value is -0.510. The molecule has 1 aliphatic rings. The fraction of sp³-hybridized carbons (Fsp3) is 0.571. The van der Waals surface area contributed by atoms with E-state index in [1.807, 2.05) is 11.8 Å². The third-order valence-corrected chi connectivity index (χ3v) is 4.58. The van der Waals surface area contributed by atoms with Gasteiger partial charge >= 0.3 is 0 Å². The van der Waals surface area contributed by atoms with E-state index >= 15 is 0 Å². The highest BCUT2D eigenvalue weighted by molar-refractivity contribution is 7.99. The van der Waals surface area contributed by atoms with Crippen LogP contribution in [-0.2, 0) is 0 Å². The van der Waals surface area contributed by atoms with Crippen molar-refractivity contribution in [2.45, 2.75) is 38.1 Å². The normalized spacial score (nSPS) is 17.8. The third-order valence-electron chi connectivity index (χ3n) is 3.61. The molecule has 1 aromatic rings. The zero-order valence-electron chi connectivity index (χ0n) is 10.5. The summed E-state index contributed by atoms with van der Waals surface area (Å²) in [5.74, 6) is 8.61. The summed E-state index contributed by atoms with van der Waals surface area (Å²) in [6.45, 7) is 2.18. The lowest BCUT2D eigenvalue weighted by Gasteiger charge is -2.26. The number of nitrogens with one attached hydrogen (secondary N) is 1. The van der Waals surface area contributed by atoms with Crippen molar-refractivity contribution >= 4 is 11.8 Å². The average molecular weight is 250 g/mol. The van der Waals surface area contributed by atoms with Gasteiger partial charge in [0.2, 0.25) is 0 Å². The van der Waals surface area contributed by atoms with Crippen LogP contribution in [0.2, 0.25) is 0 Å². The Bertz CT molecular complexity index is 333. The molecule has 0 radical (unpaired) electrons. The van der Waals surface area contributed by atoms with E-state index in [1.165, 1.54) is 30.4 Å². The van der Waals surface area contributed by atoms with Crippen molar-refractivity contribution in [3.63, 3.8) is 0 Å². The lowest BCUT2D eigenvalue weighted by molar-refractivity contribution is 0.419. The van der Waals surface area contributed by atoms with E-state index in [0.717, 1.165) is 17.4 Å². The van der Waals surface area contributed by atoms with Crippen LogP contribution in [0.5, 0.6) is 0 Å². The van der Waals surface area contributed by atoms with Crippen molar-refractivity contribution in [2.24, 2.45) is 5.84 Å². The molecule has 1 aromatic carbocycles. The first-order chi connectivity index (χ1) is 8.35. The summed E-state index contributed by atoms with van der Waals surface area (Å²) in [6.07, 6.45) is 4.12. The Balaban J connectivity index is 1.99. The number of hydrogen-bond acceptors (Lipinski definition) is 3. The van der Waals surface area contributed by atoms with Gasteiger partial charge in [-0.15, -0.1) is 0 Å². The Kier molecular flexibility index (Phi) is 4.89. The zero-order valence-corrected chi connectivity index (χ0v) is 11.3. The van der Waals surface area contributed by atoms with Crippen molar-refractivity contribution in [2.75, 3.05) is 11.5 Å². The predicted molar refractivity (Wildman–Crippen MR) is 76.1 cm³/mol. The molecule has 1 unspecified atom stereocenters. The maximum atomic E-state index is 5.62. The van der Waals surface area contributed by atoms with Crippen molar-refractivity contribution < 1.29 is 0 Å². The molecule has 0 bridgehead atoms. The van der Waals surface area contributed by atoms with Gasteiger partial charge in [0.05, 0.1) is 6.04 Å². The van der Waals surface area contributed by atoms with Crippen LogP contribution >= 0.6 is 11.8 Å². The summed E-state index contributed by atoms with van der Waals surface area (Å²) >= 11 is 1.92. The minimum Gasteiger partial charge on any atom is -0.271 e. The van der Waals surface area contributed by atoms with Gasteiger partial charge < -0.3 is 0 Å². The monoisotopic (exact) mass is 250 g/mol. The number of benzene rings is 1. The van der Waals surface area contributed by atoms with Crippen LogP contribution < -0.4 is 11.3 Å². The molecule has 3 heteroatoms. The minimum absolute atomic E-state index is 0.274. The second-order valence-corrected chi connectivity index (χ2v) is 5.99. The minimum atomic E-state index is 0.274. The van der Waals surface area contributed by atoms with E-state index in [1.54, 1.807) is 0 Å². The average Bonchev–Trinajstić information content (AvgIpc) is 2.30. The van der Waals surface area contributed by atoms with E-state index in [0.29, 0.717) is 0 Å². The van der Waals surface area contributed by atoms with E-state index in [-0.39, 0.29) is 6.04 Å². The van der Waals surface area contributed by atoms with Gasteiger partial charge in [-0.25, -0.2) is 0 Å². The molecule has 1 aliphatic carbocycles. The Morgan fingerprint density at radius 1 is 1.35 bits per heavy atom. The Labute approximate surface area is 108 Å². The number of hydrazine groups is 1. The molecule has 2 rings (SSSR count). The van der Waals surface area contributed by atoms with Crippen LogP contribution in [0.1, 0.15) is 49.3 Å². The molecule has 0 aromatic heterocycles. The van der Waals surface area contributed by atoms with E-state index in [4.69, 9.17) is 5.84 Å². The summed E-state index contributed by atoms with van der Waals surface area (Å²) in [5, 5.41) is 0. The highest BCUT2D eigenvalue weighted by Gasteiger charge is 2.19. The van der Waals surface area contributed by atoms with Crippen molar-refractivity contribution in [1.82, 2.24) is 5.43 Å². The first-order valence-electron chi connectivity index (χ1n) is 6.49. The van der Waals surface area contributed by atoms with Crippen molar-refractivity contribution in [3.8, 4) is 0 Å². The van der Waals surface area contributed by atoms with Crippen LogP contribution in [0.4, 0.5) is 0 Å². The first-order valence-corrected chi connectivity index (χ1v) is 7.64. The first kappa shape index (κ1) is 12.9. The van der Waals surface area contributed by atoms with Gasteiger partial charge in [-0.05, 0) is 35.6 Å². The van der Waals surface area contributed by atoms with E-state index in [9.17, 15) is 0 Å². The number of thioether (sulfide) groups is 1. The largest absolute Gasteiger partial charge is 0.271 e. The molecule has 0 aliphatic heterocycles. The molecule has 1 saturated carbocycles. The molecule has 17 heavy (non-hydrogen) atoms. The smallest absolute Gasteiger partial charge is 0.0550 e. The van der Waals surface area contributed by atoms with Gasteiger partial charge in [-0.3, -0.25) is 11.3 Å². The Morgan fingerprint density at radius 2 is 2.06 bits per heavy atom. The third kappa shape index (κ3) is 3.24. The molecule has 0 spiro atoms. The molecule has 1 fully saturated rings. The fourth-order valence-corrected chi connectivity index (χ4v) is 2.98. The summed E-state index contributed by atoms with van der Waals surface area (Å²) in [7, 11) is 0. The molecule has 2 nitrogen and oxygen atoms in total. The van der Waals surface area contributed by atoms with Crippen molar-refractivity contribution in [1.29, 1.82) is 0 Å².